The van der Waals surface area contributed by atoms with Gasteiger partial charge in [-0.15, -0.1) is 0 Å². The fourth-order valence-electron chi connectivity index (χ4n) is 2.55. The minimum Gasteiger partial charge on any atom is -0.396 e. The maximum absolute atomic E-state index is 13.8. The van der Waals surface area contributed by atoms with Gasteiger partial charge >= 0.3 is 0 Å². The Morgan fingerprint density at radius 2 is 2.14 bits per heavy atom. The summed E-state index contributed by atoms with van der Waals surface area (Å²) in [4.78, 5) is 2.19. The highest BCUT2D eigenvalue weighted by Crippen LogP contribution is 2.18. The van der Waals surface area contributed by atoms with E-state index in [0.29, 0.717) is 30.7 Å². The highest BCUT2D eigenvalue weighted by atomic mass is 19.1. The van der Waals surface area contributed by atoms with Crippen LogP contribution in [0.3, 0.4) is 0 Å². The SMILES string of the molecule is N#Cc1ccc(F)c(CN2CCC(OCCCO)CC2)c1. The third kappa shape index (κ3) is 4.78. The first-order valence-corrected chi connectivity index (χ1v) is 7.36. The zero-order valence-corrected chi connectivity index (χ0v) is 12.1. The Labute approximate surface area is 124 Å². The van der Waals surface area contributed by atoms with Crippen molar-refractivity contribution in [3.63, 3.8) is 0 Å². The fraction of sp³-hybridized carbons (Fsp3) is 0.562. The monoisotopic (exact) mass is 292 g/mol. The zero-order chi connectivity index (χ0) is 15.1. The average Bonchev–Trinajstić information content (AvgIpc) is 2.51. The molecule has 1 heterocycles. The van der Waals surface area contributed by atoms with Crippen molar-refractivity contribution in [2.75, 3.05) is 26.3 Å². The molecule has 0 unspecified atom stereocenters. The van der Waals surface area contributed by atoms with Gasteiger partial charge < -0.3 is 9.84 Å². The Kier molecular flexibility index (Phi) is 6.12. The lowest BCUT2D eigenvalue weighted by Gasteiger charge is -2.32. The Morgan fingerprint density at radius 3 is 2.81 bits per heavy atom. The largest absolute Gasteiger partial charge is 0.396 e. The summed E-state index contributed by atoms with van der Waals surface area (Å²) < 4.78 is 19.4. The van der Waals surface area contributed by atoms with Gasteiger partial charge in [-0.2, -0.15) is 5.26 Å². The number of nitriles is 1. The lowest BCUT2D eigenvalue weighted by Crippen LogP contribution is -2.37. The van der Waals surface area contributed by atoms with E-state index < -0.39 is 0 Å². The van der Waals surface area contributed by atoms with Crippen molar-refractivity contribution in [3.8, 4) is 6.07 Å². The smallest absolute Gasteiger partial charge is 0.127 e. The summed E-state index contributed by atoms with van der Waals surface area (Å²) in [6, 6.07) is 6.53. The molecule has 1 N–H and O–H groups in total. The highest BCUT2D eigenvalue weighted by molar-refractivity contribution is 5.33. The van der Waals surface area contributed by atoms with E-state index in [2.05, 4.69) is 4.90 Å². The summed E-state index contributed by atoms with van der Waals surface area (Å²) >= 11 is 0. The van der Waals surface area contributed by atoms with Crippen molar-refractivity contribution in [1.82, 2.24) is 4.90 Å². The minimum absolute atomic E-state index is 0.160. The third-order valence-electron chi connectivity index (χ3n) is 3.76. The van der Waals surface area contributed by atoms with Gasteiger partial charge in [0.2, 0.25) is 0 Å². The van der Waals surface area contributed by atoms with E-state index in [-0.39, 0.29) is 18.5 Å². The van der Waals surface area contributed by atoms with Gasteiger partial charge in [0.05, 0.1) is 17.7 Å². The molecule has 1 aliphatic rings. The van der Waals surface area contributed by atoms with Crippen molar-refractivity contribution in [3.05, 3.63) is 35.1 Å². The van der Waals surface area contributed by atoms with Crippen molar-refractivity contribution < 1.29 is 14.2 Å². The van der Waals surface area contributed by atoms with Crippen LogP contribution in [0.5, 0.6) is 0 Å². The van der Waals surface area contributed by atoms with Crippen LogP contribution >= 0.6 is 0 Å². The third-order valence-corrected chi connectivity index (χ3v) is 3.76. The summed E-state index contributed by atoms with van der Waals surface area (Å²) in [7, 11) is 0. The van der Waals surface area contributed by atoms with Crippen molar-refractivity contribution in [1.29, 1.82) is 5.26 Å². The Morgan fingerprint density at radius 1 is 1.38 bits per heavy atom. The standard InChI is InChI=1S/C16H21FN2O2/c17-16-3-2-13(11-18)10-14(16)12-19-6-4-15(5-7-19)21-9-1-8-20/h2-3,10,15,20H,1,4-9,12H2. The molecule has 0 atom stereocenters. The molecular weight excluding hydrogens is 271 g/mol. The molecule has 2 rings (SSSR count). The second-order valence-corrected chi connectivity index (χ2v) is 5.34. The van der Waals surface area contributed by atoms with Crippen LogP contribution in [0, 0.1) is 17.1 Å². The van der Waals surface area contributed by atoms with Crippen LogP contribution in [0.25, 0.3) is 0 Å². The summed E-state index contributed by atoms with van der Waals surface area (Å²) in [6.45, 7) is 3.01. The van der Waals surface area contributed by atoms with Crippen molar-refractivity contribution in [2.45, 2.75) is 31.9 Å². The maximum atomic E-state index is 13.8. The van der Waals surface area contributed by atoms with Crippen molar-refractivity contribution in [2.24, 2.45) is 0 Å². The number of aliphatic hydroxyl groups excluding tert-OH is 1. The molecule has 1 aromatic carbocycles. The van der Waals surface area contributed by atoms with E-state index in [9.17, 15) is 4.39 Å². The number of nitrogens with zero attached hydrogens (tertiary/aromatic N) is 2. The number of benzene rings is 1. The Balaban J connectivity index is 1.82. The molecule has 0 saturated carbocycles. The molecule has 114 valence electrons. The predicted octanol–water partition coefficient (Wildman–Crippen LogP) is 2.06. The van der Waals surface area contributed by atoms with Gasteiger partial charge in [-0.25, -0.2) is 4.39 Å². The number of hydrogen-bond donors (Lipinski definition) is 1. The van der Waals surface area contributed by atoms with Crippen LogP contribution in [-0.4, -0.2) is 42.4 Å². The first-order chi connectivity index (χ1) is 10.2. The maximum Gasteiger partial charge on any atom is 0.127 e. The summed E-state index contributed by atoms with van der Waals surface area (Å²) in [5.74, 6) is -0.254. The number of halogens is 1. The molecule has 0 aliphatic carbocycles. The van der Waals surface area contributed by atoms with Crippen molar-refractivity contribution >= 4 is 0 Å². The van der Waals surface area contributed by atoms with Gasteiger partial charge in [-0.05, 0) is 37.5 Å². The van der Waals surface area contributed by atoms with Crippen LogP contribution in [0.4, 0.5) is 4.39 Å². The van der Waals surface area contributed by atoms with E-state index in [1.165, 1.54) is 12.1 Å². The normalized spacial score (nSPS) is 16.8. The van der Waals surface area contributed by atoms with Gasteiger partial charge in [0, 0.05) is 38.4 Å². The highest BCUT2D eigenvalue weighted by Gasteiger charge is 2.20. The molecule has 1 fully saturated rings. The van der Waals surface area contributed by atoms with Crippen LogP contribution in [0.1, 0.15) is 30.4 Å². The summed E-state index contributed by atoms with van der Waals surface area (Å²) in [5, 5.41) is 17.6. The average molecular weight is 292 g/mol. The molecule has 0 radical (unpaired) electrons. The molecule has 5 heteroatoms. The van der Waals surface area contributed by atoms with Crippen LogP contribution in [0.15, 0.2) is 18.2 Å². The van der Waals surface area contributed by atoms with Gasteiger partial charge in [0.1, 0.15) is 5.82 Å². The first-order valence-electron chi connectivity index (χ1n) is 7.36. The second kappa shape index (κ2) is 8.08. The number of hydrogen-bond acceptors (Lipinski definition) is 4. The zero-order valence-electron chi connectivity index (χ0n) is 12.1. The van der Waals surface area contributed by atoms with E-state index in [1.807, 2.05) is 6.07 Å². The number of likely N-dealkylation sites (tertiary alicyclic amines) is 1. The van der Waals surface area contributed by atoms with E-state index in [1.54, 1.807) is 6.07 Å². The van der Waals surface area contributed by atoms with Gasteiger partial charge in [0.25, 0.3) is 0 Å². The second-order valence-electron chi connectivity index (χ2n) is 5.34. The molecule has 1 aliphatic heterocycles. The lowest BCUT2D eigenvalue weighted by atomic mass is 10.1. The first kappa shape index (κ1) is 15.9. The molecule has 0 bridgehead atoms. The molecule has 1 aromatic rings. The summed E-state index contributed by atoms with van der Waals surface area (Å²) in [5.41, 5.74) is 1.07. The molecule has 4 nitrogen and oxygen atoms in total. The predicted molar refractivity (Wildman–Crippen MR) is 77.1 cm³/mol. The van der Waals surface area contributed by atoms with E-state index in [4.69, 9.17) is 15.1 Å². The molecular formula is C16H21FN2O2. The minimum atomic E-state index is -0.254. The van der Waals surface area contributed by atoms with Crippen LogP contribution < -0.4 is 0 Å². The number of aliphatic hydroxyl groups is 1. The molecule has 0 aromatic heterocycles. The van der Waals surface area contributed by atoms with E-state index in [0.717, 1.165) is 25.9 Å². The van der Waals surface area contributed by atoms with Crippen LogP contribution in [-0.2, 0) is 11.3 Å². The number of piperidine rings is 1. The number of rotatable bonds is 6. The molecule has 0 amide bonds. The molecule has 1 saturated heterocycles. The van der Waals surface area contributed by atoms with E-state index >= 15 is 0 Å². The number of ether oxygens (including phenoxy) is 1. The molecule has 21 heavy (non-hydrogen) atoms. The quantitative estimate of drug-likeness (QED) is 0.815. The van der Waals surface area contributed by atoms with Gasteiger partial charge in [0.15, 0.2) is 0 Å². The Hall–Kier alpha value is -1.48. The summed E-state index contributed by atoms with van der Waals surface area (Å²) in [6.07, 6.45) is 2.76. The lowest BCUT2D eigenvalue weighted by molar-refractivity contribution is 0.000629. The van der Waals surface area contributed by atoms with Gasteiger partial charge in [-0.3, -0.25) is 4.90 Å². The fourth-order valence-corrected chi connectivity index (χ4v) is 2.55. The topological polar surface area (TPSA) is 56.5 Å². The Bertz CT molecular complexity index is 494. The molecule has 0 spiro atoms. The van der Waals surface area contributed by atoms with Crippen LogP contribution in [0.2, 0.25) is 0 Å². The van der Waals surface area contributed by atoms with Gasteiger partial charge in [-0.1, -0.05) is 0 Å².